The van der Waals surface area contributed by atoms with Crippen molar-refractivity contribution in [3.05, 3.63) is 47.1 Å². The maximum Gasteiger partial charge on any atom is 0.417 e. The number of aryl methyl sites for hydroxylation is 1. The molecule has 256 valence electrons. The van der Waals surface area contributed by atoms with Gasteiger partial charge in [-0.1, -0.05) is 11.6 Å². The molecule has 0 spiro atoms. The number of alkyl halides is 3. The highest BCUT2D eigenvalue weighted by Crippen LogP contribution is 2.39. The SMILES string of the molecule is CC(C)N(CCCCc1nc2cc(Cl)c(C(F)(F)F)cc2[nH]1)C[C@H]1C[C@@H](n2ccc3c(NC4CC4)ncnc32)[C@H](O)[C@@H]1O.Cl.Cl.Cl. The fourth-order valence-corrected chi connectivity index (χ4v) is 6.48. The normalized spacial score (nSPS) is 21.4. The molecule has 9 nitrogen and oxygen atoms in total. The van der Waals surface area contributed by atoms with Crippen molar-refractivity contribution in [3.8, 4) is 0 Å². The van der Waals surface area contributed by atoms with Gasteiger partial charge in [0.2, 0.25) is 0 Å². The Labute approximate surface area is 288 Å². The standard InChI is InChI=1S/C30H37ClF3N7O2.3ClH/c1-16(2)40(9-4-3-5-25-38-22-12-20(30(32,33)34)21(31)13-23(22)39-25)14-17-11-24(27(43)26(17)42)41-10-8-19-28(37-18-6-7-18)35-15-36-29(19)41;;;/h8,10,12-13,15-18,24,26-27,42-43H,3-7,9,11,14H2,1-2H3,(H,38,39)(H,35,36,37);3*1H/t17-,24-,26-,27+;;;/m1.../s1. The number of aliphatic hydroxyl groups excluding tert-OH is 2. The number of hydrogen-bond acceptors (Lipinski definition) is 7. The van der Waals surface area contributed by atoms with E-state index in [2.05, 4.69) is 44.0 Å². The number of benzene rings is 1. The molecular formula is C30H40Cl4F3N7O2. The van der Waals surface area contributed by atoms with E-state index in [0.29, 0.717) is 42.3 Å². The summed E-state index contributed by atoms with van der Waals surface area (Å²) in [6.07, 6.45) is 2.27. The molecule has 0 amide bonds. The molecule has 4 atom stereocenters. The van der Waals surface area contributed by atoms with E-state index < -0.39 is 23.9 Å². The number of H-pyrrole nitrogens is 1. The molecule has 2 fully saturated rings. The van der Waals surface area contributed by atoms with Crippen LogP contribution in [-0.4, -0.2) is 77.0 Å². The van der Waals surface area contributed by atoms with Gasteiger partial charge in [0.25, 0.3) is 0 Å². The lowest BCUT2D eigenvalue weighted by Gasteiger charge is -2.30. The van der Waals surface area contributed by atoms with Gasteiger partial charge in [-0.15, -0.1) is 37.2 Å². The molecule has 0 radical (unpaired) electrons. The van der Waals surface area contributed by atoms with E-state index in [9.17, 15) is 23.4 Å². The first-order chi connectivity index (χ1) is 20.5. The van der Waals surface area contributed by atoms with Crippen molar-refractivity contribution in [1.29, 1.82) is 0 Å². The minimum absolute atomic E-state index is 0. The average Bonchev–Trinajstić information content (AvgIpc) is 3.40. The Bertz CT molecular complexity index is 1600. The van der Waals surface area contributed by atoms with Gasteiger partial charge in [0.1, 0.15) is 29.7 Å². The van der Waals surface area contributed by atoms with Crippen molar-refractivity contribution in [1.82, 2.24) is 29.4 Å². The number of nitrogens with one attached hydrogen (secondary N) is 2. The largest absolute Gasteiger partial charge is 0.417 e. The van der Waals surface area contributed by atoms with Crippen LogP contribution in [0.4, 0.5) is 19.0 Å². The Morgan fingerprint density at radius 2 is 1.85 bits per heavy atom. The van der Waals surface area contributed by atoms with Crippen molar-refractivity contribution in [2.24, 2.45) is 5.92 Å². The summed E-state index contributed by atoms with van der Waals surface area (Å²) in [4.78, 5) is 18.7. The number of fused-ring (bicyclic) bond motifs is 2. The number of aromatic nitrogens is 5. The predicted octanol–water partition coefficient (Wildman–Crippen LogP) is 6.84. The summed E-state index contributed by atoms with van der Waals surface area (Å²) in [5.74, 6) is 1.31. The van der Waals surface area contributed by atoms with Crippen LogP contribution in [0.3, 0.4) is 0 Å². The molecular weight excluding hydrogens is 689 g/mol. The van der Waals surface area contributed by atoms with Crippen molar-refractivity contribution in [2.45, 2.75) is 88.9 Å². The van der Waals surface area contributed by atoms with Crippen LogP contribution >= 0.6 is 48.8 Å². The quantitative estimate of drug-likeness (QED) is 0.125. The van der Waals surface area contributed by atoms with Crippen molar-refractivity contribution < 1.29 is 23.4 Å². The molecule has 0 aliphatic heterocycles. The van der Waals surface area contributed by atoms with Crippen LogP contribution < -0.4 is 5.32 Å². The fraction of sp³-hybridized carbons (Fsp3) is 0.567. The summed E-state index contributed by atoms with van der Waals surface area (Å²) in [7, 11) is 0. The second kappa shape index (κ2) is 15.4. The van der Waals surface area contributed by atoms with Crippen LogP contribution in [0.15, 0.2) is 30.7 Å². The van der Waals surface area contributed by atoms with Gasteiger partial charge in [0.05, 0.1) is 39.2 Å². The first-order valence-electron chi connectivity index (χ1n) is 14.9. The van der Waals surface area contributed by atoms with Gasteiger partial charge in [0, 0.05) is 37.2 Å². The molecule has 6 rings (SSSR count). The summed E-state index contributed by atoms with van der Waals surface area (Å²) in [5, 5.41) is 26.1. The third-order valence-electron chi connectivity index (χ3n) is 8.79. The highest BCUT2D eigenvalue weighted by atomic mass is 35.5. The zero-order valence-electron chi connectivity index (χ0n) is 25.4. The van der Waals surface area contributed by atoms with Gasteiger partial charge in [-0.05, 0) is 70.7 Å². The molecule has 1 aromatic carbocycles. The third-order valence-corrected chi connectivity index (χ3v) is 9.10. The van der Waals surface area contributed by atoms with E-state index in [1.807, 2.05) is 16.8 Å². The summed E-state index contributed by atoms with van der Waals surface area (Å²) >= 11 is 5.84. The van der Waals surface area contributed by atoms with E-state index in [4.69, 9.17) is 11.6 Å². The number of rotatable bonds is 11. The molecule has 2 aliphatic rings. The molecule has 0 unspecified atom stereocenters. The molecule has 4 N–H and O–H groups in total. The minimum Gasteiger partial charge on any atom is -0.390 e. The number of hydrogen-bond donors (Lipinski definition) is 4. The van der Waals surface area contributed by atoms with Gasteiger partial charge in [-0.25, -0.2) is 15.0 Å². The molecule has 3 heterocycles. The summed E-state index contributed by atoms with van der Waals surface area (Å²) in [6.45, 7) is 5.64. The fourth-order valence-electron chi connectivity index (χ4n) is 6.22. The smallest absolute Gasteiger partial charge is 0.390 e. The number of nitrogens with zero attached hydrogens (tertiary/aromatic N) is 5. The van der Waals surface area contributed by atoms with Gasteiger partial charge < -0.3 is 30.0 Å². The van der Waals surface area contributed by atoms with E-state index in [-0.39, 0.29) is 60.2 Å². The minimum atomic E-state index is -4.53. The molecule has 46 heavy (non-hydrogen) atoms. The number of aliphatic hydroxyl groups is 2. The zero-order valence-corrected chi connectivity index (χ0v) is 28.6. The summed E-state index contributed by atoms with van der Waals surface area (Å²) < 4.78 is 41.6. The number of anilines is 1. The van der Waals surface area contributed by atoms with E-state index >= 15 is 0 Å². The van der Waals surface area contributed by atoms with Crippen molar-refractivity contribution in [3.63, 3.8) is 0 Å². The number of unbranched alkanes of at least 4 members (excludes halogenated alkanes) is 1. The number of aromatic amines is 1. The van der Waals surface area contributed by atoms with Gasteiger partial charge in [-0.2, -0.15) is 13.2 Å². The van der Waals surface area contributed by atoms with E-state index in [1.165, 1.54) is 6.07 Å². The van der Waals surface area contributed by atoms with Gasteiger partial charge in [-0.3, -0.25) is 0 Å². The highest BCUT2D eigenvalue weighted by molar-refractivity contribution is 6.32. The Balaban J connectivity index is 0.00000192. The molecule has 16 heteroatoms. The molecule has 4 aromatic rings. The molecule has 0 bridgehead atoms. The van der Waals surface area contributed by atoms with Crippen LogP contribution in [-0.2, 0) is 12.6 Å². The third kappa shape index (κ3) is 8.14. The maximum absolute atomic E-state index is 13.2. The summed E-state index contributed by atoms with van der Waals surface area (Å²) in [5.41, 5.74) is 0.603. The van der Waals surface area contributed by atoms with Crippen molar-refractivity contribution >= 4 is 76.7 Å². The molecule has 3 aromatic heterocycles. The highest BCUT2D eigenvalue weighted by Gasteiger charge is 2.43. The molecule has 2 saturated carbocycles. The van der Waals surface area contributed by atoms with Crippen molar-refractivity contribution in [2.75, 3.05) is 18.4 Å². The lowest BCUT2D eigenvalue weighted by Crippen LogP contribution is -2.40. The topological polar surface area (TPSA) is 115 Å². The van der Waals surface area contributed by atoms with Gasteiger partial charge >= 0.3 is 6.18 Å². The molecule has 0 saturated heterocycles. The first-order valence-corrected chi connectivity index (χ1v) is 15.3. The van der Waals surface area contributed by atoms with Crippen LogP contribution in [0.2, 0.25) is 5.02 Å². The predicted molar refractivity (Wildman–Crippen MR) is 181 cm³/mol. The zero-order chi connectivity index (χ0) is 30.5. The number of imidazole rings is 1. The lowest BCUT2D eigenvalue weighted by atomic mass is 10.0. The monoisotopic (exact) mass is 727 g/mol. The van der Waals surface area contributed by atoms with E-state index in [0.717, 1.165) is 55.1 Å². The second-order valence-corrected chi connectivity index (χ2v) is 12.6. The van der Waals surface area contributed by atoms with Crippen LogP contribution in [0.25, 0.3) is 22.1 Å². The Hall–Kier alpha value is -2.06. The molecule has 2 aliphatic carbocycles. The Morgan fingerprint density at radius 1 is 1.11 bits per heavy atom. The second-order valence-electron chi connectivity index (χ2n) is 12.2. The Kier molecular flexibility index (Phi) is 12.9. The Morgan fingerprint density at radius 3 is 2.52 bits per heavy atom. The van der Waals surface area contributed by atoms with Crippen LogP contribution in [0, 0.1) is 5.92 Å². The van der Waals surface area contributed by atoms with Crippen LogP contribution in [0.5, 0.6) is 0 Å². The van der Waals surface area contributed by atoms with Crippen LogP contribution in [0.1, 0.15) is 63.4 Å². The average molecular weight is 730 g/mol. The first kappa shape index (κ1) is 38.4. The van der Waals surface area contributed by atoms with Gasteiger partial charge in [0.15, 0.2) is 0 Å². The van der Waals surface area contributed by atoms with E-state index in [1.54, 1.807) is 6.33 Å². The lowest BCUT2D eigenvalue weighted by molar-refractivity contribution is -0.137. The summed E-state index contributed by atoms with van der Waals surface area (Å²) in [6, 6.07) is 4.62. The number of halogens is 7. The maximum atomic E-state index is 13.2.